The van der Waals surface area contributed by atoms with Gasteiger partial charge < -0.3 is 16.4 Å². The van der Waals surface area contributed by atoms with Gasteiger partial charge in [-0.1, -0.05) is 30.3 Å². The van der Waals surface area contributed by atoms with Crippen LogP contribution in [0.1, 0.15) is 20.8 Å². The van der Waals surface area contributed by atoms with E-state index in [4.69, 9.17) is 11.5 Å². The van der Waals surface area contributed by atoms with Gasteiger partial charge in [-0.25, -0.2) is 4.98 Å². The molecule has 0 bridgehead atoms. The number of benzene rings is 1. The molecule has 5 rings (SSSR count). The number of fused-ring (bicyclic) bond motifs is 1. The average molecular weight is 475 g/mol. The van der Waals surface area contributed by atoms with Crippen molar-refractivity contribution in [1.82, 2.24) is 14.8 Å². The number of anilines is 2. The summed E-state index contributed by atoms with van der Waals surface area (Å²) in [7, 11) is 0. The molecule has 0 aliphatic carbocycles. The summed E-state index contributed by atoms with van der Waals surface area (Å²) in [5, 5.41) is 14.2. The fraction of sp³-hybridized carbons (Fsp3) is 0.208. The van der Waals surface area contributed by atoms with E-state index in [9.17, 15) is 10.1 Å². The Morgan fingerprint density at radius 2 is 1.88 bits per heavy atom. The Kier molecular flexibility index (Phi) is 5.72. The van der Waals surface area contributed by atoms with E-state index in [0.717, 1.165) is 25.2 Å². The van der Waals surface area contributed by atoms with Crippen molar-refractivity contribution in [1.29, 1.82) is 5.26 Å². The lowest BCUT2D eigenvalue weighted by Crippen LogP contribution is -2.48. The summed E-state index contributed by atoms with van der Waals surface area (Å²) in [6.07, 6.45) is 0. The second-order valence-corrected chi connectivity index (χ2v) is 9.73. The lowest BCUT2D eigenvalue weighted by molar-refractivity contribution is 0.0634. The molecule has 166 valence electrons. The summed E-state index contributed by atoms with van der Waals surface area (Å²) in [5.74, 6) is 0.0594. The van der Waals surface area contributed by atoms with Crippen molar-refractivity contribution < 1.29 is 4.79 Å². The summed E-state index contributed by atoms with van der Waals surface area (Å²) in [6, 6.07) is 14.4. The third-order valence-corrected chi connectivity index (χ3v) is 7.70. The van der Waals surface area contributed by atoms with E-state index >= 15 is 0 Å². The van der Waals surface area contributed by atoms with Gasteiger partial charge >= 0.3 is 0 Å². The number of nitriles is 1. The number of carbonyl (C=O) groups is 1. The van der Waals surface area contributed by atoms with Crippen LogP contribution in [0, 0.1) is 11.3 Å². The highest BCUT2D eigenvalue weighted by atomic mass is 32.1. The molecule has 1 aromatic carbocycles. The zero-order valence-corrected chi connectivity index (χ0v) is 19.5. The van der Waals surface area contributed by atoms with Gasteiger partial charge in [0, 0.05) is 43.7 Å². The first-order chi connectivity index (χ1) is 16.1. The van der Waals surface area contributed by atoms with Crippen molar-refractivity contribution in [3.05, 3.63) is 63.2 Å². The molecule has 1 fully saturated rings. The second-order valence-electron chi connectivity index (χ2n) is 7.95. The molecule has 0 atom stereocenters. The van der Waals surface area contributed by atoms with Crippen LogP contribution in [-0.4, -0.2) is 46.9 Å². The molecule has 0 spiro atoms. The minimum atomic E-state index is -0.0943. The molecule has 3 aromatic heterocycles. The van der Waals surface area contributed by atoms with E-state index in [0.29, 0.717) is 45.0 Å². The average Bonchev–Trinajstić information content (AvgIpc) is 3.47. The molecule has 1 aliphatic heterocycles. The number of hydrogen-bond acceptors (Lipinski definition) is 8. The van der Waals surface area contributed by atoms with Crippen LogP contribution in [0.4, 0.5) is 11.5 Å². The maximum absolute atomic E-state index is 13.4. The number of amides is 1. The van der Waals surface area contributed by atoms with Gasteiger partial charge in [-0.05, 0) is 28.0 Å². The Morgan fingerprint density at radius 1 is 1.12 bits per heavy atom. The highest BCUT2D eigenvalue weighted by Crippen LogP contribution is 2.43. The third kappa shape index (κ3) is 3.93. The first kappa shape index (κ1) is 21.4. The van der Waals surface area contributed by atoms with Crippen LogP contribution >= 0.6 is 22.7 Å². The van der Waals surface area contributed by atoms with Gasteiger partial charge in [-0.3, -0.25) is 9.69 Å². The number of rotatable bonds is 4. The molecule has 9 heteroatoms. The van der Waals surface area contributed by atoms with Gasteiger partial charge in [0.05, 0.1) is 5.69 Å². The molecule has 4 heterocycles. The lowest BCUT2D eigenvalue weighted by atomic mass is 9.99. The zero-order chi connectivity index (χ0) is 22.9. The maximum Gasteiger partial charge on any atom is 0.266 e. The summed E-state index contributed by atoms with van der Waals surface area (Å²) >= 11 is 2.77. The van der Waals surface area contributed by atoms with Crippen LogP contribution in [0.2, 0.25) is 0 Å². The largest absolute Gasteiger partial charge is 0.397 e. The number of pyridine rings is 1. The normalized spacial score (nSPS) is 14.5. The first-order valence-electron chi connectivity index (χ1n) is 10.6. The molecule has 7 nitrogen and oxygen atoms in total. The van der Waals surface area contributed by atoms with E-state index in [-0.39, 0.29) is 11.7 Å². The van der Waals surface area contributed by atoms with E-state index < -0.39 is 0 Å². The summed E-state index contributed by atoms with van der Waals surface area (Å²) in [4.78, 5) is 23.0. The standard InChI is InChI=1S/C24H22N6OS2/c25-12-17-18(16-6-11-32-14-16)19-20(26)21(33-23(19)28-22(17)27)24(31)30-9-7-29(8-10-30)13-15-4-2-1-3-5-15/h1-6,11,14H,7-10,13,26H2,(H2,27,28). The van der Waals surface area contributed by atoms with Gasteiger partial charge in [0.2, 0.25) is 0 Å². The van der Waals surface area contributed by atoms with E-state index in [1.807, 2.05) is 39.9 Å². The molecule has 0 saturated carbocycles. The van der Waals surface area contributed by atoms with Gasteiger partial charge in [0.25, 0.3) is 5.91 Å². The van der Waals surface area contributed by atoms with Gasteiger partial charge in [-0.2, -0.15) is 16.6 Å². The number of piperazine rings is 1. The smallest absolute Gasteiger partial charge is 0.266 e. The fourth-order valence-electron chi connectivity index (χ4n) is 4.23. The van der Waals surface area contributed by atoms with Crippen molar-refractivity contribution in [2.75, 3.05) is 37.6 Å². The van der Waals surface area contributed by atoms with Crippen molar-refractivity contribution in [2.45, 2.75) is 6.54 Å². The van der Waals surface area contributed by atoms with E-state index in [1.54, 1.807) is 0 Å². The van der Waals surface area contributed by atoms with Gasteiger partial charge in [0.15, 0.2) is 0 Å². The molecule has 0 radical (unpaired) electrons. The highest BCUT2D eigenvalue weighted by molar-refractivity contribution is 7.21. The summed E-state index contributed by atoms with van der Waals surface area (Å²) in [6.45, 7) is 3.74. The number of hydrogen-bond donors (Lipinski definition) is 2. The van der Waals surface area contributed by atoms with Crippen LogP contribution in [0.25, 0.3) is 21.3 Å². The molecular weight excluding hydrogens is 452 g/mol. The van der Waals surface area contributed by atoms with Crippen molar-refractivity contribution in [3.8, 4) is 17.2 Å². The minimum Gasteiger partial charge on any atom is -0.397 e. The monoisotopic (exact) mass is 474 g/mol. The predicted octanol–water partition coefficient (Wildman–Crippen LogP) is 4.02. The first-order valence-corrected chi connectivity index (χ1v) is 12.3. The molecule has 33 heavy (non-hydrogen) atoms. The number of carbonyl (C=O) groups excluding carboxylic acids is 1. The van der Waals surface area contributed by atoms with E-state index in [2.05, 4.69) is 28.1 Å². The van der Waals surface area contributed by atoms with Crippen LogP contribution in [-0.2, 0) is 6.54 Å². The van der Waals surface area contributed by atoms with Gasteiger partial charge in [-0.15, -0.1) is 11.3 Å². The Labute approximate surface area is 199 Å². The molecule has 4 aromatic rings. The van der Waals surface area contributed by atoms with Crippen molar-refractivity contribution >= 4 is 50.3 Å². The fourth-order valence-corrected chi connectivity index (χ4v) is 5.96. The Balaban J connectivity index is 1.43. The number of thiophene rings is 2. The van der Waals surface area contributed by atoms with Crippen LogP contribution < -0.4 is 11.5 Å². The van der Waals surface area contributed by atoms with Crippen molar-refractivity contribution in [2.24, 2.45) is 0 Å². The van der Waals surface area contributed by atoms with E-state index in [1.165, 1.54) is 28.2 Å². The Morgan fingerprint density at radius 3 is 2.55 bits per heavy atom. The van der Waals surface area contributed by atoms with Crippen LogP contribution in [0.5, 0.6) is 0 Å². The topological polar surface area (TPSA) is 112 Å². The molecule has 1 amide bonds. The quantitative estimate of drug-likeness (QED) is 0.462. The third-order valence-electron chi connectivity index (χ3n) is 5.93. The second kappa shape index (κ2) is 8.83. The lowest BCUT2D eigenvalue weighted by Gasteiger charge is -2.34. The number of nitrogen functional groups attached to an aromatic ring is 2. The number of nitrogens with two attached hydrogens (primary N) is 2. The summed E-state index contributed by atoms with van der Waals surface area (Å²) in [5.41, 5.74) is 16.1. The number of aromatic nitrogens is 1. The molecule has 0 unspecified atom stereocenters. The molecule has 4 N–H and O–H groups in total. The molecule has 1 aliphatic rings. The predicted molar refractivity (Wildman–Crippen MR) is 134 cm³/mol. The number of nitrogens with zero attached hydrogens (tertiary/aromatic N) is 4. The maximum atomic E-state index is 13.4. The molecule has 1 saturated heterocycles. The van der Waals surface area contributed by atoms with Crippen LogP contribution in [0.15, 0.2) is 47.2 Å². The minimum absolute atomic E-state index is 0.0943. The van der Waals surface area contributed by atoms with Gasteiger partial charge in [0.1, 0.15) is 27.2 Å². The Bertz CT molecular complexity index is 1350. The Hall–Kier alpha value is -3.45. The zero-order valence-electron chi connectivity index (χ0n) is 17.8. The summed E-state index contributed by atoms with van der Waals surface area (Å²) < 4.78 is 0. The van der Waals surface area contributed by atoms with Crippen LogP contribution in [0.3, 0.4) is 0 Å². The highest BCUT2D eigenvalue weighted by Gasteiger charge is 2.28. The molecular formula is C24H22N6OS2. The van der Waals surface area contributed by atoms with Crippen molar-refractivity contribution in [3.63, 3.8) is 0 Å². The SMILES string of the molecule is N#Cc1c(N)nc2sc(C(=O)N3CCN(Cc4ccccc4)CC3)c(N)c2c1-c1ccsc1.